The Hall–Kier alpha value is -1.91. The maximum Gasteiger partial charge on any atom is 0.316 e. The van der Waals surface area contributed by atoms with Crippen molar-refractivity contribution in [3.8, 4) is 11.5 Å². The second-order valence-electron chi connectivity index (χ2n) is 4.86. The van der Waals surface area contributed by atoms with E-state index in [-0.39, 0.29) is 21.8 Å². The minimum atomic E-state index is -3.57. The molecule has 0 saturated carbocycles. The van der Waals surface area contributed by atoms with Gasteiger partial charge in [-0.1, -0.05) is 31.7 Å². The number of aromatic nitrogens is 2. The van der Waals surface area contributed by atoms with E-state index < -0.39 is 16.0 Å². The lowest BCUT2D eigenvalue weighted by Crippen LogP contribution is -2.30. The van der Waals surface area contributed by atoms with Gasteiger partial charge in [0.1, 0.15) is 5.75 Å². The molecule has 1 aromatic heterocycles. The summed E-state index contributed by atoms with van der Waals surface area (Å²) in [7, 11) is -2.28. The van der Waals surface area contributed by atoms with Crippen molar-refractivity contribution in [3.05, 3.63) is 24.3 Å². The van der Waals surface area contributed by atoms with Crippen molar-refractivity contribution in [1.82, 2.24) is 14.5 Å². The van der Waals surface area contributed by atoms with Crippen LogP contribution in [0.2, 0.25) is 0 Å². The lowest BCUT2D eigenvalue weighted by Gasteiger charge is -2.18. The van der Waals surface area contributed by atoms with Crippen LogP contribution in [0, 0.1) is 0 Å². The zero-order valence-corrected chi connectivity index (χ0v) is 15.8. The number of methoxy groups -OCH3 is 1. The highest BCUT2D eigenvalue weighted by atomic mass is 32.2. The van der Waals surface area contributed by atoms with Crippen molar-refractivity contribution in [2.75, 3.05) is 26.0 Å². The largest absolute Gasteiger partial charge is 0.468 e. The second kappa shape index (κ2) is 8.45. The highest BCUT2D eigenvalue weighted by Gasteiger charge is 2.22. The van der Waals surface area contributed by atoms with Gasteiger partial charge in [-0.15, -0.1) is 10.2 Å². The molecule has 1 aromatic carbocycles. The molecule has 0 atom stereocenters. The maximum atomic E-state index is 12.6. The first kappa shape index (κ1) is 19.4. The lowest BCUT2D eigenvalue weighted by atomic mass is 10.2. The van der Waals surface area contributed by atoms with Crippen LogP contribution in [0.15, 0.2) is 38.8 Å². The lowest BCUT2D eigenvalue weighted by molar-refractivity contribution is -0.137. The first-order chi connectivity index (χ1) is 11.9. The number of esters is 1. The summed E-state index contributed by atoms with van der Waals surface area (Å²) in [6.45, 7) is 4.34. The molecule has 0 aliphatic rings. The number of nitrogens with zero attached hydrogens (tertiary/aromatic N) is 3. The molecule has 10 heteroatoms. The summed E-state index contributed by atoms with van der Waals surface area (Å²) in [6.07, 6.45) is 0. The third kappa shape index (κ3) is 4.59. The van der Waals surface area contributed by atoms with Crippen molar-refractivity contribution < 1.29 is 22.4 Å². The van der Waals surface area contributed by atoms with Gasteiger partial charge in [-0.2, -0.15) is 4.31 Å². The van der Waals surface area contributed by atoms with Crippen LogP contribution in [0.3, 0.4) is 0 Å². The fourth-order valence-corrected chi connectivity index (χ4v) is 4.17. The number of ether oxygens (including phenoxy) is 1. The normalized spacial score (nSPS) is 11.7. The minimum Gasteiger partial charge on any atom is -0.468 e. The number of benzene rings is 1. The number of hydrogen-bond donors (Lipinski definition) is 0. The molecule has 25 heavy (non-hydrogen) atoms. The number of carbonyl (C=O) groups is 1. The minimum absolute atomic E-state index is 0.0501. The van der Waals surface area contributed by atoms with Gasteiger partial charge in [-0.05, 0) is 18.2 Å². The molecule has 0 fully saturated rings. The molecule has 1 heterocycles. The molecule has 0 saturated heterocycles. The molecule has 2 aromatic rings. The van der Waals surface area contributed by atoms with Gasteiger partial charge in [-0.3, -0.25) is 4.79 Å². The van der Waals surface area contributed by atoms with Crippen molar-refractivity contribution in [3.63, 3.8) is 0 Å². The van der Waals surface area contributed by atoms with Crippen molar-refractivity contribution >= 4 is 27.8 Å². The van der Waals surface area contributed by atoms with E-state index >= 15 is 0 Å². The van der Waals surface area contributed by atoms with E-state index in [9.17, 15) is 13.2 Å². The molecule has 0 radical (unpaired) electrons. The highest BCUT2D eigenvalue weighted by Crippen LogP contribution is 2.26. The topological polar surface area (TPSA) is 103 Å². The Morgan fingerprint density at radius 2 is 2.00 bits per heavy atom. The third-order valence-corrected chi connectivity index (χ3v) is 6.21. The predicted molar refractivity (Wildman–Crippen MR) is 92.6 cm³/mol. The number of sulfonamides is 1. The van der Waals surface area contributed by atoms with Gasteiger partial charge in [0.2, 0.25) is 15.9 Å². The van der Waals surface area contributed by atoms with Crippen LogP contribution in [0.4, 0.5) is 0 Å². The smallest absolute Gasteiger partial charge is 0.316 e. The van der Waals surface area contributed by atoms with Crippen LogP contribution in [-0.2, 0) is 19.6 Å². The van der Waals surface area contributed by atoms with Gasteiger partial charge >= 0.3 is 5.97 Å². The summed E-state index contributed by atoms with van der Waals surface area (Å²) in [5, 5.41) is 7.94. The van der Waals surface area contributed by atoms with Crippen molar-refractivity contribution in [2.45, 2.75) is 24.0 Å². The molecular weight excluding hydrogens is 366 g/mol. The van der Waals surface area contributed by atoms with Gasteiger partial charge in [-0.25, -0.2) is 8.42 Å². The van der Waals surface area contributed by atoms with E-state index in [1.165, 1.54) is 23.5 Å². The quantitative estimate of drug-likeness (QED) is 0.502. The zero-order chi connectivity index (χ0) is 18.4. The summed E-state index contributed by atoms with van der Waals surface area (Å²) in [4.78, 5) is 11.3. The Labute approximate surface area is 150 Å². The summed E-state index contributed by atoms with van der Waals surface area (Å²) >= 11 is 1.05. The van der Waals surface area contributed by atoms with Crippen LogP contribution in [0.25, 0.3) is 11.5 Å². The number of hydrogen-bond acceptors (Lipinski definition) is 8. The summed E-state index contributed by atoms with van der Waals surface area (Å²) < 4.78 is 36.6. The number of rotatable bonds is 8. The fourth-order valence-electron chi connectivity index (χ4n) is 2.07. The van der Waals surface area contributed by atoms with Gasteiger partial charge in [0.05, 0.1) is 12.0 Å². The van der Waals surface area contributed by atoms with Gasteiger partial charge < -0.3 is 9.15 Å². The molecule has 0 N–H and O–H groups in total. The van der Waals surface area contributed by atoms with E-state index in [0.717, 1.165) is 11.8 Å². The standard InChI is InChI=1S/C15H19N3O5S2/c1-4-18(5-2)25(20,21)12-8-6-7-11(9-12)14-16-17-15(23-14)24-10-13(19)22-3/h6-9H,4-5,10H2,1-3H3. The summed E-state index contributed by atoms with van der Waals surface area (Å²) in [6, 6.07) is 6.33. The average molecular weight is 385 g/mol. The van der Waals surface area contributed by atoms with Gasteiger partial charge in [0.25, 0.3) is 5.22 Å². The third-order valence-electron chi connectivity index (χ3n) is 3.37. The van der Waals surface area contributed by atoms with Crippen LogP contribution in [0.5, 0.6) is 0 Å². The van der Waals surface area contributed by atoms with E-state index in [1.54, 1.807) is 26.0 Å². The van der Waals surface area contributed by atoms with E-state index in [4.69, 9.17) is 4.42 Å². The van der Waals surface area contributed by atoms with Crippen LogP contribution >= 0.6 is 11.8 Å². The van der Waals surface area contributed by atoms with E-state index in [2.05, 4.69) is 14.9 Å². The molecule has 0 aliphatic heterocycles. The highest BCUT2D eigenvalue weighted by molar-refractivity contribution is 7.99. The van der Waals surface area contributed by atoms with E-state index in [1.807, 2.05) is 0 Å². The van der Waals surface area contributed by atoms with Crippen molar-refractivity contribution in [1.29, 1.82) is 0 Å². The average Bonchev–Trinajstić information content (AvgIpc) is 3.09. The van der Waals surface area contributed by atoms with Crippen molar-refractivity contribution in [2.24, 2.45) is 0 Å². The predicted octanol–water partition coefficient (Wildman–Crippen LogP) is 2.03. The Morgan fingerprint density at radius 1 is 1.28 bits per heavy atom. The van der Waals surface area contributed by atoms with Crippen LogP contribution in [-0.4, -0.2) is 54.8 Å². The SMILES string of the molecule is CCN(CC)S(=O)(=O)c1cccc(-c2nnc(SCC(=O)OC)o2)c1. The first-order valence-electron chi connectivity index (χ1n) is 7.56. The Balaban J connectivity index is 2.25. The first-order valence-corrected chi connectivity index (χ1v) is 9.98. The molecule has 0 spiro atoms. The zero-order valence-electron chi connectivity index (χ0n) is 14.1. The van der Waals surface area contributed by atoms with Crippen LogP contribution in [0.1, 0.15) is 13.8 Å². The Bertz CT molecular complexity index is 831. The molecule has 0 amide bonds. The number of carbonyl (C=O) groups excluding carboxylic acids is 1. The summed E-state index contributed by atoms with van der Waals surface area (Å²) in [5.74, 6) is -0.171. The molecule has 136 valence electrons. The monoisotopic (exact) mass is 385 g/mol. The number of thioether (sulfide) groups is 1. The molecule has 2 rings (SSSR count). The van der Waals surface area contributed by atoms with E-state index in [0.29, 0.717) is 18.7 Å². The second-order valence-corrected chi connectivity index (χ2v) is 7.72. The maximum absolute atomic E-state index is 12.6. The molecule has 8 nitrogen and oxygen atoms in total. The fraction of sp³-hybridized carbons (Fsp3) is 0.400. The Morgan fingerprint density at radius 3 is 2.64 bits per heavy atom. The molecule has 0 aliphatic carbocycles. The molecule has 0 unspecified atom stereocenters. The summed E-state index contributed by atoms with van der Waals surface area (Å²) in [5.41, 5.74) is 0.491. The molecular formula is C15H19N3O5S2. The Kier molecular flexibility index (Phi) is 6.57. The van der Waals surface area contributed by atoms with Crippen LogP contribution < -0.4 is 0 Å². The van der Waals surface area contributed by atoms with Gasteiger partial charge in [0.15, 0.2) is 0 Å². The van der Waals surface area contributed by atoms with Gasteiger partial charge in [0, 0.05) is 18.7 Å². The molecule has 0 bridgehead atoms.